The number of ether oxygens (including phenoxy) is 1. The van der Waals surface area contributed by atoms with Gasteiger partial charge < -0.3 is 21.3 Å². The van der Waals surface area contributed by atoms with Crippen LogP contribution in [0.5, 0.6) is 0 Å². The van der Waals surface area contributed by atoms with Gasteiger partial charge in [-0.15, -0.1) is 0 Å². The summed E-state index contributed by atoms with van der Waals surface area (Å²) in [5.74, 6) is -1.10. The Balaban J connectivity index is 2.32. The number of aliphatic carboxylic acids is 1. The molecule has 1 aliphatic heterocycles. The minimum Gasteiger partial charge on any atom is -0.479 e. The molecule has 0 amide bonds. The first kappa shape index (κ1) is 12.3. The van der Waals surface area contributed by atoms with E-state index in [-0.39, 0.29) is 5.82 Å². The molecule has 0 radical (unpaired) electrons. The standard InChI is InChI=1S/C10H12N4O4/c11-5-1-2-7(18-8(5)9(15)16)14-4-3-6(12)13-10(14)17/h1-5,7-8H,11H2,(H,15,16)(H2,12,13,17)/t5-,7+,8-/m0/s1. The molecule has 2 heterocycles. The number of nitrogens with zero attached hydrogens (tertiary/aromatic N) is 2. The van der Waals surface area contributed by atoms with Crippen LogP contribution in [-0.4, -0.2) is 32.8 Å². The molecule has 1 aromatic heterocycles. The first-order valence-electron chi connectivity index (χ1n) is 5.16. The molecule has 0 fully saturated rings. The van der Waals surface area contributed by atoms with Gasteiger partial charge in [-0.25, -0.2) is 9.59 Å². The van der Waals surface area contributed by atoms with Crippen molar-refractivity contribution >= 4 is 11.8 Å². The third kappa shape index (κ3) is 2.24. The molecule has 0 bridgehead atoms. The van der Waals surface area contributed by atoms with E-state index in [9.17, 15) is 9.59 Å². The Morgan fingerprint density at radius 3 is 2.83 bits per heavy atom. The van der Waals surface area contributed by atoms with Gasteiger partial charge in [0.15, 0.2) is 12.3 Å². The highest BCUT2D eigenvalue weighted by Crippen LogP contribution is 2.19. The predicted molar refractivity (Wildman–Crippen MR) is 61.6 cm³/mol. The SMILES string of the molecule is Nc1ccn([C@H]2C=C[C@H](N)[C@@H](C(=O)O)O2)c(=O)n1. The molecule has 2 rings (SSSR count). The smallest absolute Gasteiger partial charge is 0.351 e. The van der Waals surface area contributed by atoms with Gasteiger partial charge in [-0.05, 0) is 12.1 Å². The molecular weight excluding hydrogens is 240 g/mol. The molecule has 96 valence electrons. The third-order valence-electron chi connectivity index (χ3n) is 2.50. The first-order chi connectivity index (χ1) is 8.49. The fourth-order valence-electron chi connectivity index (χ4n) is 1.61. The van der Waals surface area contributed by atoms with Crippen LogP contribution in [0.2, 0.25) is 0 Å². The molecule has 0 unspecified atom stereocenters. The second kappa shape index (κ2) is 4.59. The van der Waals surface area contributed by atoms with E-state index >= 15 is 0 Å². The molecule has 0 saturated carbocycles. The monoisotopic (exact) mass is 252 g/mol. The normalized spacial score (nSPS) is 27.1. The Morgan fingerprint density at radius 2 is 2.22 bits per heavy atom. The lowest BCUT2D eigenvalue weighted by Crippen LogP contribution is -2.46. The fraction of sp³-hybridized carbons (Fsp3) is 0.300. The lowest BCUT2D eigenvalue weighted by molar-refractivity contribution is -0.157. The molecule has 18 heavy (non-hydrogen) atoms. The summed E-state index contributed by atoms with van der Waals surface area (Å²) in [4.78, 5) is 26.0. The van der Waals surface area contributed by atoms with Crippen LogP contribution in [0, 0.1) is 0 Å². The second-order valence-corrected chi connectivity index (χ2v) is 3.79. The summed E-state index contributed by atoms with van der Waals surface area (Å²) in [6.07, 6.45) is 2.31. The van der Waals surface area contributed by atoms with E-state index in [1.54, 1.807) is 0 Å². The van der Waals surface area contributed by atoms with E-state index < -0.39 is 30.0 Å². The highest BCUT2D eigenvalue weighted by Gasteiger charge is 2.31. The van der Waals surface area contributed by atoms with Crippen LogP contribution in [0.4, 0.5) is 5.82 Å². The predicted octanol–water partition coefficient (Wildman–Crippen LogP) is -1.31. The number of nitrogens with two attached hydrogens (primary N) is 2. The summed E-state index contributed by atoms with van der Waals surface area (Å²) in [6, 6.07) is 0.666. The van der Waals surface area contributed by atoms with Crippen molar-refractivity contribution in [3.63, 3.8) is 0 Å². The van der Waals surface area contributed by atoms with Crippen LogP contribution in [0.25, 0.3) is 0 Å². The molecule has 5 N–H and O–H groups in total. The van der Waals surface area contributed by atoms with Crippen LogP contribution in [0.3, 0.4) is 0 Å². The van der Waals surface area contributed by atoms with Crippen molar-refractivity contribution in [2.24, 2.45) is 5.73 Å². The van der Waals surface area contributed by atoms with Crippen LogP contribution in [0.15, 0.2) is 29.2 Å². The molecule has 0 saturated heterocycles. The molecule has 0 aliphatic carbocycles. The zero-order valence-electron chi connectivity index (χ0n) is 9.26. The Hall–Kier alpha value is -2.19. The maximum Gasteiger partial charge on any atom is 0.351 e. The lowest BCUT2D eigenvalue weighted by atomic mass is 10.1. The Kier molecular flexibility index (Phi) is 3.13. The van der Waals surface area contributed by atoms with Crippen molar-refractivity contribution in [3.05, 3.63) is 34.9 Å². The summed E-state index contributed by atoms with van der Waals surface area (Å²) in [7, 11) is 0. The highest BCUT2D eigenvalue weighted by atomic mass is 16.5. The number of carboxylic acids is 1. The van der Waals surface area contributed by atoms with Gasteiger partial charge in [0.25, 0.3) is 0 Å². The Labute approximate surface area is 101 Å². The summed E-state index contributed by atoms with van der Waals surface area (Å²) in [6.45, 7) is 0. The molecule has 3 atom stereocenters. The van der Waals surface area contributed by atoms with E-state index in [1.165, 1.54) is 24.4 Å². The molecule has 8 nitrogen and oxygen atoms in total. The van der Waals surface area contributed by atoms with Gasteiger partial charge in [-0.1, -0.05) is 6.08 Å². The van der Waals surface area contributed by atoms with Crippen molar-refractivity contribution in [3.8, 4) is 0 Å². The zero-order valence-corrected chi connectivity index (χ0v) is 9.26. The van der Waals surface area contributed by atoms with Crippen LogP contribution < -0.4 is 17.2 Å². The molecule has 1 aromatic rings. The maximum atomic E-state index is 11.6. The van der Waals surface area contributed by atoms with Gasteiger partial charge in [-0.3, -0.25) is 4.57 Å². The van der Waals surface area contributed by atoms with Crippen molar-refractivity contribution in [1.82, 2.24) is 9.55 Å². The number of anilines is 1. The largest absolute Gasteiger partial charge is 0.479 e. The van der Waals surface area contributed by atoms with Crippen molar-refractivity contribution in [2.75, 3.05) is 5.73 Å². The lowest BCUT2D eigenvalue weighted by Gasteiger charge is -2.28. The average molecular weight is 252 g/mol. The van der Waals surface area contributed by atoms with E-state index in [1.807, 2.05) is 0 Å². The number of carbonyl (C=O) groups is 1. The van der Waals surface area contributed by atoms with E-state index in [0.717, 1.165) is 4.57 Å². The van der Waals surface area contributed by atoms with Gasteiger partial charge in [0.05, 0.1) is 6.04 Å². The summed E-state index contributed by atoms with van der Waals surface area (Å²) >= 11 is 0. The van der Waals surface area contributed by atoms with Gasteiger partial charge >= 0.3 is 11.7 Å². The van der Waals surface area contributed by atoms with E-state index in [0.29, 0.717) is 0 Å². The number of hydrogen-bond acceptors (Lipinski definition) is 6. The number of carboxylic acid groups (broad SMARTS) is 1. The molecule has 1 aliphatic rings. The molecule has 0 aromatic carbocycles. The van der Waals surface area contributed by atoms with Gasteiger partial charge in [0.1, 0.15) is 5.82 Å². The van der Waals surface area contributed by atoms with Gasteiger partial charge in [0, 0.05) is 6.20 Å². The first-order valence-corrected chi connectivity index (χ1v) is 5.16. The number of hydrogen-bond donors (Lipinski definition) is 3. The van der Waals surface area contributed by atoms with Crippen LogP contribution in [-0.2, 0) is 9.53 Å². The van der Waals surface area contributed by atoms with E-state index in [4.69, 9.17) is 21.3 Å². The van der Waals surface area contributed by atoms with Crippen molar-refractivity contribution in [1.29, 1.82) is 0 Å². The fourth-order valence-corrected chi connectivity index (χ4v) is 1.61. The number of rotatable bonds is 2. The summed E-state index contributed by atoms with van der Waals surface area (Å²) in [5.41, 5.74) is 10.3. The van der Waals surface area contributed by atoms with Crippen LogP contribution >= 0.6 is 0 Å². The summed E-state index contributed by atoms with van der Waals surface area (Å²) in [5, 5.41) is 8.92. The van der Waals surface area contributed by atoms with Gasteiger partial charge in [-0.2, -0.15) is 4.98 Å². The van der Waals surface area contributed by atoms with Crippen molar-refractivity contribution < 1.29 is 14.6 Å². The van der Waals surface area contributed by atoms with Crippen molar-refractivity contribution in [2.45, 2.75) is 18.4 Å². The Morgan fingerprint density at radius 1 is 1.50 bits per heavy atom. The average Bonchev–Trinajstić information content (AvgIpc) is 2.30. The maximum absolute atomic E-state index is 11.6. The number of aromatic nitrogens is 2. The minimum absolute atomic E-state index is 0.0857. The molecule has 0 spiro atoms. The second-order valence-electron chi connectivity index (χ2n) is 3.79. The molecular formula is C10H12N4O4. The quantitative estimate of drug-likeness (QED) is 0.556. The number of nitrogen functional groups attached to an aromatic ring is 1. The van der Waals surface area contributed by atoms with E-state index in [2.05, 4.69) is 4.98 Å². The molecule has 8 heteroatoms. The minimum atomic E-state index is -1.20. The third-order valence-corrected chi connectivity index (χ3v) is 2.50. The highest BCUT2D eigenvalue weighted by molar-refractivity contribution is 5.74. The van der Waals surface area contributed by atoms with Crippen LogP contribution in [0.1, 0.15) is 6.23 Å². The summed E-state index contributed by atoms with van der Waals surface area (Å²) < 4.78 is 6.37. The zero-order chi connectivity index (χ0) is 13.3. The Bertz CT molecular complexity index is 553. The topological polar surface area (TPSA) is 133 Å². The van der Waals surface area contributed by atoms with Gasteiger partial charge in [0.2, 0.25) is 0 Å².